The van der Waals surface area contributed by atoms with Crippen molar-refractivity contribution >= 4 is 5.96 Å². The van der Waals surface area contributed by atoms with Crippen LogP contribution < -0.4 is 10.6 Å². The molecule has 0 fully saturated rings. The molecule has 0 saturated heterocycles. The van der Waals surface area contributed by atoms with Crippen molar-refractivity contribution in [3.63, 3.8) is 0 Å². The first-order chi connectivity index (χ1) is 10.9. The van der Waals surface area contributed by atoms with Gasteiger partial charge in [-0.05, 0) is 25.3 Å². The molecule has 7 nitrogen and oxygen atoms in total. The van der Waals surface area contributed by atoms with Gasteiger partial charge in [0.05, 0.1) is 13.2 Å². The van der Waals surface area contributed by atoms with Crippen molar-refractivity contribution in [2.24, 2.45) is 4.99 Å². The Morgan fingerprint density at radius 2 is 1.95 bits per heavy atom. The summed E-state index contributed by atoms with van der Waals surface area (Å²) in [4.78, 5) is 4.21. The number of nitrogens with zero attached hydrogens (tertiary/aromatic N) is 3. The number of rotatable bonds is 12. The van der Waals surface area contributed by atoms with Crippen LogP contribution in [0.3, 0.4) is 0 Å². The second-order valence-corrected chi connectivity index (χ2v) is 4.86. The van der Waals surface area contributed by atoms with Crippen LogP contribution in [0.4, 0.5) is 0 Å². The van der Waals surface area contributed by atoms with Crippen molar-refractivity contribution in [3.05, 3.63) is 18.5 Å². The summed E-state index contributed by atoms with van der Waals surface area (Å²) in [7, 11) is 3.47. The third-order valence-electron chi connectivity index (χ3n) is 3.08. The second kappa shape index (κ2) is 13.1. The van der Waals surface area contributed by atoms with E-state index >= 15 is 0 Å². The second-order valence-electron chi connectivity index (χ2n) is 4.86. The van der Waals surface area contributed by atoms with Gasteiger partial charge in [0.25, 0.3) is 0 Å². The predicted molar refractivity (Wildman–Crippen MR) is 88.1 cm³/mol. The van der Waals surface area contributed by atoms with E-state index in [-0.39, 0.29) is 0 Å². The van der Waals surface area contributed by atoms with Gasteiger partial charge in [-0.15, -0.1) is 0 Å². The van der Waals surface area contributed by atoms with E-state index in [1.807, 2.05) is 16.9 Å². The van der Waals surface area contributed by atoms with E-state index in [0.717, 1.165) is 51.5 Å². The highest BCUT2D eigenvalue weighted by atomic mass is 16.5. The van der Waals surface area contributed by atoms with Crippen LogP contribution in [-0.2, 0) is 16.0 Å². The fourth-order valence-corrected chi connectivity index (χ4v) is 1.88. The molecule has 1 heterocycles. The molecule has 1 aromatic rings. The van der Waals surface area contributed by atoms with Crippen LogP contribution in [0.2, 0.25) is 0 Å². The summed E-state index contributed by atoms with van der Waals surface area (Å²) in [5.41, 5.74) is 0. The highest BCUT2D eigenvalue weighted by Gasteiger charge is 1.97. The molecule has 0 amide bonds. The van der Waals surface area contributed by atoms with Gasteiger partial charge in [0.1, 0.15) is 0 Å². The highest BCUT2D eigenvalue weighted by molar-refractivity contribution is 5.79. The lowest BCUT2D eigenvalue weighted by Crippen LogP contribution is -2.38. The number of ether oxygens (including phenoxy) is 2. The number of methoxy groups -OCH3 is 1. The number of nitrogens with one attached hydrogen (secondary N) is 2. The fraction of sp³-hybridized carbons (Fsp3) is 0.733. The van der Waals surface area contributed by atoms with Gasteiger partial charge in [-0.2, -0.15) is 5.10 Å². The van der Waals surface area contributed by atoms with Gasteiger partial charge in [-0.3, -0.25) is 9.67 Å². The molecule has 0 spiro atoms. The lowest BCUT2D eigenvalue weighted by molar-refractivity contribution is 0.0689. The van der Waals surface area contributed by atoms with E-state index in [1.54, 1.807) is 20.4 Å². The molecule has 0 atom stereocenters. The number of hydrogen-bond acceptors (Lipinski definition) is 4. The molecule has 0 aliphatic rings. The molecule has 2 N–H and O–H groups in total. The van der Waals surface area contributed by atoms with Crippen molar-refractivity contribution < 1.29 is 9.47 Å². The Balaban J connectivity index is 1.93. The average Bonchev–Trinajstić information content (AvgIpc) is 3.05. The number of guanidine groups is 1. The topological polar surface area (TPSA) is 72.7 Å². The maximum Gasteiger partial charge on any atom is 0.190 e. The molecule has 0 saturated carbocycles. The normalized spacial score (nSPS) is 11.6. The van der Waals surface area contributed by atoms with Crippen LogP contribution >= 0.6 is 0 Å². The van der Waals surface area contributed by atoms with Crippen LogP contribution in [-0.4, -0.2) is 62.8 Å². The molecule has 0 aliphatic heterocycles. The van der Waals surface area contributed by atoms with Gasteiger partial charge in [-0.1, -0.05) is 0 Å². The van der Waals surface area contributed by atoms with Crippen molar-refractivity contribution in [1.29, 1.82) is 0 Å². The summed E-state index contributed by atoms with van der Waals surface area (Å²) >= 11 is 0. The minimum Gasteiger partial charge on any atom is -0.382 e. The number of aliphatic imine (C=N–C) groups is 1. The quantitative estimate of drug-likeness (QED) is 0.341. The van der Waals surface area contributed by atoms with Crippen LogP contribution in [0.5, 0.6) is 0 Å². The summed E-state index contributed by atoms with van der Waals surface area (Å²) < 4.78 is 12.3. The van der Waals surface area contributed by atoms with Crippen LogP contribution in [0.15, 0.2) is 23.5 Å². The smallest absolute Gasteiger partial charge is 0.190 e. The molecule has 7 heteroatoms. The molecule has 0 aromatic carbocycles. The standard InChI is InChI=1S/C15H29N5O2/c1-16-15(17-7-3-4-12-22-14-13-21-2)18-8-5-10-20-11-6-9-19-20/h6,9,11H,3-5,7-8,10,12-14H2,1-2H3,(H2,16,17,18). The number of aromatic nitrogens is 2. The lowest BCUT2D eigenvalue weighted by Gasteiger charge is -2.12. The van der Waals surface area contributed by atoms with Gasteiger partial charge < -0.3 is 20.1 Å². The predicted octanol–water partition coefficient (Wildman–Crippen LogP) is 0.881. The summed E-state index contributed by atoms with van der Waals surface area (Å²) in [5, 5.41) is 10.8. The van der Waals surface area contributed by atoms with Crippen LogP contribution in [0, 0.1) is 0 Å². The maximum atomic E-state index is 5.42. The minimum absolute atomic E-state index is 0.660. The maximum absolute atomic E-state index is 5.42. The fourth-order valence-electron chi connectivity index (χ4n) is 1.88. The van der Waals surface area contributed by atoms with Crippen molar-refractivity contribution in [1.82, 2.24) is 20.4 Å². The number of aryl methyl sites for hydroxylation is 1. The van der Waals surface area contributed by atoms with E-state index in [9.17, 15) is 0 Å². The first-order valence-corrected chi connectivity index (χ1v) is 7.85. The van der Waals surface area contributed by atoms with Crippen LogP contribution in [0.25, 0.3) is 0 Å². The first-order valence-electron chi connectivity index (χ1n) is 7.85. The van der Waals surface area contributed by atoms with Gasteiger partial charge in [0.2, 0.25) is 0 Å². The zero-order valence-electron chi connectivity index (χ0n) is 13.8. The molecule has 0 radical (unpaired) electrons. The zero-order chi connectivity index (χ0) is 15.9. The summed E-state index contributed by atoms with van der Waals surface area (Å²) in [6.07, 6.45) is 6.87. The van der Waals surface area contributed by atoms with Crippen molar-refractivity contribution in [2.45, 2.75) is 25.8 Å². The highest BCUT2D eigenvalue weighted by Crippen LogP contribution is 1.90. The van der Waals surface area contributed by atoms with E-state index in [2.05, 4.69) is 20.7 Å². The largest absolute Gasteiger partial charge is 0.382 e. The van der Waals surface area contributed by atoms with Gasteiger partial charge >= 0.3 is 0 Å². The molecule has 126 valence electrons. The van der Waals surface area contributed by atoms with Gasteiger partial charge in [-0.25, -0.2) is 0 Å². The Bertz CT molecular complexity index is 381. The summed E-state index contributed by atoms with van der Waals surface area (Å²) in [6.45, 7) is 4.79. The van der Waals surface area contributed by atoms with E-state index in [1.165, 1.54) is 0 Å². The van der Waals surface area contributed by atoms with E-state index in [4.69, 9.17) is 9.47 Å². The third kappa shape index (κ3) is 9.36. The third-order valence-corrected chi connectivity index (χ3v) is 3.08. The first kappa shape index (κ1) is 18.4. The molecule has 0 bridgehead atoms. The Hall–Kier alpha value is -1.60. The molecular formula is C15H29N5O2. The number of unbranched alkanes of at least 4 members (excludes halogenated alkanes) is 1. The molecule has 1 rings (SSSR count). The van der Waals surface area contributed by atoms with Crippen molar-refractivity contribution in [2.75, 3.05) is 47.1 Å². The Kier molecular flexibility index (Phi) is 11.0. The zero-order valence-corrected chi connectivity index (χ0v) is 13.8. The molecule has 1 aromatic heterocycles. The monoisotopic (exact) mass is 311 g/mol. The Labute approximate surface area is 133 Å². The Morgan fingerprint density at radius 1 is 1.14 bits per heavy atom. The van der Waals surface area contributed by atoms with Gasteiger partial charge in [0.15, 0.2) is 5.96 Å². The van der Waals surface area contributed by atoms with E-state index < -0.39 is 0 Å². The molecular weight excluding hydrogens is 282 g/mol. The summed E-state index contributed by atoms with van der Waals surface area (Å²) in [6, 6.07) is 1.94. The minimum atomic E-state index is 0.660. The Morgan fingerprint density at radius 3 is 2.64 bits per heavy atom. The molecule has 22 heavy (non-hydrogen) atoms. The average molecular weight is 311 g/mol. The van der Waals surface area contributed by atoms with E-state index in [0.29, 0.717) is 13.2 Å². The molecule has 0 aliphatic carbocycles. The van der Waals surface area contributed by atoms with Gasteiger partial charge in [0, 0.05) is 52.8 Å². The van der Waals surface area contributed by atoms with Crippen molar-refractivity contribution in [3.8, 4) is 0 Å². The SMILES string of the molecule is CN=C(NCCCCOCCOC)NCCCn1cccn1. The summed E-state index contributed by atoms with van der Waals surface area (Å²) in [5.74, 6) is 0.848. The lowest BCUT2D eigenvalue weighted by atomic mass is 10.3. The number of hydrogen-bond donors (Lipinski definition) is 2. The molecule has 0 unspecified atom stereocenters. The van der Waals surface area contributed by atoms with Crippen LogP contribution in [0.1, 0.15) is 19.3 Å².